The number of hydrogen-bond donors (Lipinski definition) is 2. The van der Waals surface area contributed by atoms with Crippen molar-refractivity contribution in [3.8, 4) is 5.88 Å². The summed E-state index contributed by atoms with van der Waals surface area (Å²) in [6.07, 6.45) is 3.35. The minimum Gasteiger partial charge on any atom is -0.476 e. The van der Waals surface area contributed by atoms with Gasteiger partial charge in [0.05, 0.1) is 6.61 Å². The first-order valence-electron chi connectivity index (χ1n) is 5.54. The summed E-state index contributed by atoms with van der Waals surface area (Å²) < 4.78 is 10.1. The summed E-state index contributed by atoms with van der Waals surface area (Å²) in [5, 5.41) is 6.59. The summed E-state index contributed by atoms with van der Waals surface area (Å²) in [5.74, 6) is 1.47. The van der Waals surface area contributed by atoms with Gasteiger partial charge in [-0.25, -0.2) is 4.98 Å². The highest BCUT2D eigenvalue weighted by Gasteiger charge is 2.08. The van der Waals surface area contributed by atoms with Crippen molar-refractivity contribution in [3.63, 3.8) is 0 Å². The van der Waals surface area contributed by atoms with Crippen molar-refractivity contribution in [2.45, 2.75) is 13.3 Å². The van der Waals surface area contributed by atoms with E-state index in [1.807, 2.05) is 6.92 Å². The van der Waals surface area contributed by atoms with E-state index < -0.39 is 0 Å². The Morgan fingerprint density at radius 3 is 2.94 bits per heavy atom. The van der Waals surface area contributed by atoms with Crippen LogP contribution in [0.25, 0.3) is 0 Å². The normalized spacial score (nSPS) is 10.3. The van der Waals surface area contributed by atoms with Crippen LogP contribution in [-0.4, -0.2) is 33.3 Å². The zero-order valence-corrected chi connectivity index (χ0v) is 9.96. The monoisotopic (exact) mass is 250 g/mol. The fraction of sp³-hybridized carbons (Fsp3) is 0.400. The van der Waals surface area contributed by atoms with Gasteiger partial charge in [-0.15, -0.1) is 0 Å². The van der Waals surface area contributed by atoms with Crippen LogP contribution in [0.2, 0.25) is 0 Å². The number of nitrogens with zero attached hydrogens (tertiary/aromatic N) is 4. The molecule has 18 heavy (non-hydrogen) atoms. The van der Waals surface area contributed by atoms with Crippen molar-refractivity contribution in [3.05, 3.63) is 18.5 Å². The first-order valence-corrected chi connectivity index (χ1v) is 5.54. The number of anilines is 2. The van der Waals surface area contributed by atoms with Crippen molar-refractivity contribution in [1.82, 2.24) is 20.1 Å². The molecule has 0 spiro atoms. The zero-order chi connectivity index (χ0) is 12.8. The molecule has 0 aliphatic carbocycles. The Morgan fingerprint density at radius 1 is 1.33 bits per heavy atom. The average Bonchev–Trinajstić information content (AvgIpc) is 2.87. The molecule has 2 aromatic rings. The van der Waals surface area contributed by atoms with Gasteiger partial charge in [0.1, 0.15) is 12.0 Å². The van der Waals surface area contributed by atoms with Crippen molar-refractivity contribution in [2.75, 3.05) is 24.2 Å². The van der Waals surface area contributed by atoms with Gasteiger partial charge >= 0.3 is 0 Å². The lowest BCUT2D eigenvalue weighted by atomic mass is 10.4. The van der Waals surface area contributed by atoms with E-state index in [1.54, 1.807) is 0 Å². The molecule has 0 aliphatic rings. The minimum absolute atomic E-state index is 0.382. The van der Waals surface area contributed by atoms with Crippen molar-refractivity contribution >= 4 is 11.5 Å². The second-order valence-electron chi connectivity index (χ2n) is 3.39. The summed E-state index contributed by atoms with van der Waals surface area (Å²) in [5.41, 5.74) is 6.26. The first kappa shape index (κ1) is 12.1. The van der Waals surface area contributed by atoms with E-state index in [2.05, 4.69) is 25.4 Å². The molecular formula is C10H14N6O2. The van der Waals surface area contributed by atoms with Crippen molar-refractivity contribution in [1.29, 1.82) is 0 Å². The summed E-state index contributed by atoms with van der Waals surface area (Å²) >= 11 is 0. The van der Waals surface area contributed by atoms with Gasteiger partial charge in [-0.2, -0.15) is 9.97 Å². The molecule has 0 unspecified atom stereocenters. The molecule has 0 fully saturated rings. The van der Waals surface area contributed by atoms with Gasteiger partial charge in [-0.05, 0) is 6.92 Å². The van der Waals surface area contributed by atoms with Crippen LogP contribution in [0.5, 0.6) is 5.88 Å². The summed E-state index contributed by atoms with van der Waals surface area (Å²) in [7, 11) is 0. The molecule has 0 bridgehead atoms. The molecule has 0 saturated heterocycles. The van der Waals surface area contributed by atoms with Crippen LogP contribution in [0.15, 0.2) is 17.2 Å². The van der Waals surface area contributed by atoms with Crippen LogP contribution >= 0.6 is 0 Å². The second kappa shape index (κ2) is 5.80. The number of nitrogen functional groups attached to an aromatic ring is 1. The molecular weight excluding hydrogens is 236 g/mol. The fourth-order valence-corrected chi connectivity index (χ4v) is 1.37. The zero-order valence-electron chi connectivity index (χ0n) is 9.96. The summed E-state index contributed by atoms with van der Waals surface area (Å²) in [6.45, 7) is 2.95. The van der Waals surface area contributed by atoms with Crippen LogP contribution < -0.4 is 15.8 Å². The molecule has 96 valence electrons. The predicted molar refractivity (Wildman–Crippen MR) is 64.1 cm³/mol. The standard InChI is InChI=1S/C10H14N6O2/c1-2-17-10-8(11)9(14-5-15-10)12-4-3-7-13-6-16-18-7/h5-6H,2-4,11H2,1H3,(H,12,14,15). The third-order valence-electron chi connectivity index (χ3n) is 2.17. The lowest BCUT2D eigenvalue weighted by molar-refractivity contribution is 0.328. The largest absolute Gasteiger partial charge is 0.476 e. The van der Waals surface area contributed by atoms with Crippen LogP contribution in [0.3, 0.4) is 0 Å². The topological polar surface area (TPSA) is 112 Å². The molecule has 3 N–H and O–H groups in total. The Bertz CT molecular complexity index is 487. The third kappa shape index (κ3) is 2.84. The van der Waals surface area contributed by atoms with Gasteiger partial charge in [0.2, 0.25) is 11.8 Å². The van der Waals surface area contributed by atoms with E-state index in [0.717, 1.165) is 0 Å². The highest BCUT2D eigenvalue weighted by Crippen LogP contribution is 2.24. The minimum atomic E-state index is 0.382. The summed E-state index contributed by atoms with van der Waals surface area (Å²) in [4.78, 5) is 11.9. The summed E-state index contributed by atoms with van der Waals surface area (Å²) in [6, 6.07) is 0. The number of hydrogen-bond acceptors (Lipinski definition) is 8. The SMILES string of the molecule is CCOc1ncnc(NCCc2ncno2)c1N. The number of nitrogens with one attached hydrogen (secondary N) is 1. The van der Waals surface area contributed by atoms with Crippen LogP contribution in [-0.2, 0) is 6.42 Å². The second-order valence-corrected chi connectivity index (χ2v) is 3.39. The van der Waals surface area contributed by atoms with Gasteiger partial charge < -0.3 is 20.3 Å². The quantitative estimate of drug-likeness (QED) is 0.762. The molecule has 0 aliphatic heterocycles. The van der Waals surface area contributed by atoms with Gasteiger partial charge in [0.15, 0.2) is 12.1 Å². The first-order chi connectivity index (χ1) is 8.81. The van der Waals surface area contributed by atoms with Gasteiger partial charge in [-0.3, -0.25) is 0 Å². The van der Waals surface area contributed by atoms with Crippen LogP contribution in [0.4, 0.5) is 11.5 Å². The van der Waals surface area contributed by atoms with E-state index in [9.17, 15) is 0 Å². The average molecular weight is 250 g/mol. The van der Waals surface area contributed by atoms with E-state index in [1.165, 1.54) is 12.7 Å². The van der Waals surface area contributed by atoms with E-state index in [4.69, 9.17) is 15.0 Å². The predicted octanol–water partition coefficient (Wildman–Crippen LogP) is 0.495. The molecule has 2 heterocycles. The van der Waals surface area contributed by atoms with Gasteiger partial charge in [0.25, 0.3) is 0 Å². The Hall–Kier alpha value is -2.38. The fourth-order valence-electron chi connectivity index (χ4n) is 1.37. The number of nitrogens with two attached hydrogens (primary N) is 1. The molecule has 0 radical (unpaired) electrons. The molecule has 2 aromatic heterocycles. The van der Waals surface area contributed by atoms with Crippen LogP contribution in [0.1, 0.15) is 12.8 Å². The Labute approximate surface area is 104 Å². The Balaban J connectivity index is 1.94. The lowest BCUT2D eigenvalue weighted by Crippen LogP contribution is -2.10. The van der Waals surface area contributed by atoms with Crippen molar-refractivity contribution < 1.29 is 9.26 Å². The van der Waals surface area contributed by atoms with Gasteiger partial charge in [-0.1, -0.05) is 5.16 Å². The molecule has 8 nitrogen and oxygen atoms in total. The molecule has 8 heteroatoms. The maximum atomic E-state index is 5.86. The molecule has 0 amide bonds. The van der Waals surface area contributed by atoms with E-state index in [-0.39, 0.29) is 0 Å². The molecule has 0 atom stereocenters. The molecule has 0 saturated carbocycles. The van der Waals surface area contributed by atoms with E-state index in [0.29, 0.717) is 42.8 Å². The lowest BCUT2D eigenvalue weighted by Gasteiger charge is -2.10. The van der Waals surface area contributed by atoms with E-state index >= 15 is 0 Å². The number of rotatable bonds is 6. The smallest absolute Gasteiger partial charge is 0.242 e. The maximum absolute atomic E-state index is 5.86. The highest BCUT2D eigenvalue weighted by molar-refractivity contribution is 5.66. The molecule has 0 aromatic carbocycles. The number of aromatic nitrogens is 4. The molecule has 2 rings (SSSR count). The van der Waals surface area contributed by atoms with Crippen molar-refractivity contribution in [2.24, 2.45) is 0 Å². The Kier molecular flexibility index (Phi) is 3.90. The highest BCUT2D eigenvalue weighted by atomic mass is 16.5. The third-order valence-corrected chi connectivity index (χ3v) is 2.17. The Morgan fingerprint density at radius 2 is 2.22 bits per heavy atom. The van der Waals surface area contributed by atoms with Crippen LogP contribution in [0, 0.1) is 0 Å². The maximum Gasteiger partial charge on any atom is 0.242 e. The van der Waals surface area contributed by atoms with Gasteiger partial charge in [0, 0.05) is 13.0 Å². The number of ether oxygens (including phenoxy) is 1.